The van der Waals surface area contributed by atoms with Gasteiger partial charge in [-0.1, -0.05) is 37.3 Å². The standard InChI is InChI=1S/C21H21N5O/c1-3-13-25-19-12-8-7-11-18(19)23-21(25)22-14-17-15(2)24-26(20(17)27)16-9-5-4-6-10-16/h4-12,14,24H,3,13H2,1-2H3. The molecule has 27 heavy (non-hydrogen) atoms. The lowest BCUT2D eigenvalue weighted by Crippen LogP contribution is -2.17. The van der Waals surface area contributed by atoms with Crippen molar-refractivity contribution in [2.75, 3.05) is 0 Å². The summed E-state index contributed by atoms with van der Waals surface area (Å²) in [5.41, 5.74) is 3.94. The second kappa shape index (κ2) is 7.07. The summed E-state index contributed by atoms with van der Waals surface area (Å²) in [6.45, 7) is 4.82. The van der Waals surface area contributed by atoms with Crippen LogP contribution in [-0.4, -0.2) is 25.5 Å². The van der Waals surface area contributed by atoms with Gasteiger partial charge in [-0.25, -0.2) is 14.7 Å². The van der Waals surface area contributed by atoms with Gasteiger partial charge in [0.2, 0.25) is 5.95 Å². The molecule has 136 valence electrons. The van der Waals surface area contributed by atoms with Crippen LogP contribution >= 0.6 is 0 Å². The third-order valence-electron chi connectivity index (χ3n) is 4.52. The highest BCUT2D eigenvalue weighted by atomic mass is 16.1. The lowest BCUT2D eigenvalue weighted by molar-refractivity contribution is 0.701. The number of aromatic nitrogens is 4. The van der Waals surface area contributed by atoms with Gasteiger partial charge < -0.3 is 4.57 Å². The first-order valence-corrected chi connectivity index (χ1v) is 9.05. The summed E-state index contributed by atoms with van der Waals surface area (Å²) in [5.74, 6) is 0.615. The number of imidazole rings is 1. The summed E-state index contributed by atoms with van der Waals surface area (Å²) < 4.78 is 3.62. The number of H-pyrrole nitrogens is 1. The molecule has 2 aromatic carbocycles. The predicted molar refractivity (Wildman–Crippen MR) is 108 cm³/mol. The average Bonchev–Trinajstić information content (AvgIpc) is 3.18. The largest absolute Gasteiger partial charge is 0.308 e. The van der Waals surface area contributed by atoms with E-state index in [1.54, 1.807) is 6.21 Å². The highest BCUT2D eigenvalue weighted by Crippen LogP contribution is 2.22. The Hall–Kier alpha value is -3.41. The second-order valence-electron chi connectivity index (χ2n) is 6.44. The van der Waals surface area contributed by atoms with Crippen molar-refractivity contribution in [2.45, 2.75) is 26.8 Å². The van der Waals surface area contributed by atoms with E-state index in [2.05, 4.69) is 26.6 Å². The first-order valence-electron chi connectivity index (χ1n) is 9.05. The number of hydrogen-bond acceptors (Lipinski definition) is 3. The van der Waals surface area contributed by atoms with Gasteiger partial charge in [-0.15, -0.1) is 0 Å². The zero-order valence-electron chi connectivity index (χ0n) is 15.4. The number of nitrogens with zero attached hydrogens (tertiary/aromatic N) is 4. The number of rotatable bonds is 5. The van der Waals surface area contributed by atoms with Crippen molar-refractivity contribution in [1.82, 2.24) is 19.3 Å². The van der Waals surface area contributed by atoms with Gasteiger partial charge in [-0.05, 0) is 37.6 Å². The molecule has 4 rings (SSSR count). The number of fused-ring (bicyclic) bond motifs is 1. The topological polar surface area (TPSA) is 68.0 Å². The fraction of sp³-hybridized carbons (Fsp3) is 0.190. The molecule has 0 saturated carbocycles. The molecule has 2 aromatic heterocycles. The Balaban J connectivity index is 1.76. The molecule has 2 heterocycles. The molecule has 1 N–H and O–H groups in total. The van der Waals surface area contributed by atoms with E-state index in [1.807, 2.05) is 61.5 Å². The van der Waals surface area contributed by atoms with Crippen molar-refractivity contribution in [1.29, 1.82) is 0 Å². The van der Waals surface area contributed by atoms with Crippen molar-refractivity contribution in [3.8, 4) is 5.69 Å². The Bertz CT molecular complexity index is 1160. The molecule has 0 aliphatic carbocycles. The lowest BCUT2D eigenvalue weighted by Gasteiger charge is -2.03. The van der Waals surface area contributed by atoms with E-state index in [1.165, 1.54) is 4.68 Å². The molecular weight excluding hydrogens is 338 g/mol. The molecule has 0 saturated heterocycles. The number of para-hydroxylation sites is 3. The van der Waals surface area contributed by atoms with E-state index < -0.39 is 0 Å². The van der Waals surface area contributed by atoms with Crippen LogP contribution in [0.1, 0.15) is 24.6 Å². The lowest BCUT2D eigenvalue weighted by atomic mass is 10.3. The third-order valence-corrected chi connectivity index (χ3v) is 4.52. The number of aryl methyl sites for hydroxylation is 2. The maximum absolute atomic E-state index is 12.8. The van der Waals surface area contributed by atoms with Crippen molar-refractivity contribution in [3.63, 3.8) is 0 Å². The van der Waals surface area contributed by atoms with E-state index in [-0.39, 0.29) is 5.56 Å². The smallest absolute Gasteiger partial charge is 0.280 e. The summed E-state index contributed by atoms with van der Waals surface area (Å²) in [6, 6.07) is 17.5. The van der Waals surface area contributed by atoms with E-state index in [0.717, 1.165) is 35.4 Å². The molecule has 0 aliphatic rings. The molecule has 6 heteroatoms. The zero-order valence-corrected chi connectivity index (χ0v) is 15.4. The first-order chi connectivity index (χ1) is 13.2. The summed E-state index contributed by atoms with van der Waals surface area (Å²) in [7, 11) is 0. The summed E-state index contributed by atoms with van der Waals surface area (Å²) in [5, 5.41) is 3.12. The molecule has 0 atom stereocenters. The Kier molecular flexibility index (Phi) is 4.46. The summed E-state index contributed by atoms with van der Waals surface area (Å²) in [6.07, 6.45) is 2.59. The Morgan fingerprint density at radius 3 is 2.63 bits per heavy atom. The van der Waals surface area contributed by atoms with Crippen LogP contribution < -0.4 is 5.56 Å². The molecule has 0 radical (unpaired) electrons. The van der Waals surface area contributed by atoms with Crippen LogP contribution in [0, 0.1) is 6.92 Å². The fourth-order valence-corrected chi connectivity index (χ4v) is 3.20. The minimum atomic E-state index is -0.124. The van der Waals surface area contributed by atoms with Gasteiger partial charge in [0, 0.05) is 18.5 Å². The molecule has 0 spiro atoms. The average molecular weight is 359 g/mol. The molecular formula is C21H21N5O. The number of aliphatic imine (C=N–C) groups is 1. The fourth-order valence-electron chi connectivity index (χ4n) is 3.20. The van der Waals surface area contributed by atoms with E-state index in [0.29, 0.717) is 11.5 Å². The van der Waals surface area contributed by atoms with Gasteiger partial charge in [0.1, 0.15) is 0 Å². The summed E-state index contributed by atoms with van der Waals surface area (Å²) in [4.78, 5) is 22.0. The Labute approximate surface area is 156 Å². The van der Waals surface area contributed by atoms with Gasteiger partial charge >= 0.3 is 0 Å². The number of nitrogens with one attached hydrogen (secondary N) is 1. The Morgan fingerprint density at radius 2 is 1.85 bits per heavy atom. The predicted octanol–water partition coefficient (Wildman–Crippen LogP) is 3.98. The van der Waals surface area contributed by atoms with Crippen LogP contribution in [0.3, 0.4) is 0 Å². The first kappa shape index (κ1) is 17.0. The Morgan fingerprint density at radius 1 is 1.11 bits per heavy atom. The molecule has 0 aliphatic heterocycles. The maximum Gasteiger partial charge on any atom is 0.280 e. The molecule has 4 aromatic rings. The normalized spacial score (nSPS) is 11.6. The third kappa shape index (κ3) is 3.10. The minimum Gasteiger partial charge on any atom is -0.308 e. The number of hydrogen-bond donors (Lipinski definition) is 1. The van der Waals surface area contributed by atoms with Crippen LogP contribution in [0.4, 0.5) is 5.95 Å². The van der Waals surface area contributed by atoms with Crippen LogP contribution in [0.25, 0.3) is 16.7 Å². The SMILES string of the molecule is CCCn1c(N=Cc2c(C)[nH]n(-c3ccccc3)c2=O)nc2ccccc21. The van der Waals surface area contributed by atoms with Crippen molar-refractivity contribution in [3.05, 3.63) is 76.2 Å². The van der Waals surface area contributed by atoms with Gasteiger partial charge in [0.15, 0.2) is 0 Å². The molecule has 0 fully saturated rings. The van der Waals surface area contributed by atoms with Crippen LogP contribution in [0.15, 0.2) is 64.4 Å². The van der Waals surface area contributed by atoms with Crippen LogP contribution in [-0.2, 0) is 6.54 Å². The number of aromatic amines is 1. The monoisotopic (exact) mass is 359 g/mol. The van der Waals surface area contributed by atoms with E-state index in [9.17, 15) is 4.79 Å². The molecule has 0 unspecified atom stereocenters. The van der Waals surface area contributed by atoms with E-state index in [4.69, 9.17) is 0 Å². The maximum atomic E-state index is 12.8. The van der Waals surface area contributed by atoms with Crippen molar-refractivity contribution < 1.29 is 0 Å². The highest BCUT2D eigenvalue weighted by molar-refractivity contribution is 5.84. The van der Waals surface area contributed by atoms with Crippen LogP contribution in [0.2, 0.25) is 0 Å². The van der Waals surface area contributed by atoms with E-state index >= 15 is 0 Å². The summed E-state index contributed by atoms with van der Waals surface area (Å²) >= 11 is 0. The quantitative estimate of drug-likeness (QED) is 0.548. The van der Waals surface area contributed by atoms with Crippen molar-refractivity contribution >= 4 is 23.2 Å². The number of benzene rings is 2. The zero-order chi connectivity index (χ0) is 18.8. The van der Waals surface area contributed by atoms with Gasteiger partial charge in [0.25, 0.3) is 5.56 Å². The van der Waals surface area contributed by atoms with Gasteiger partial charge in [0.05, 0.1) is 22.3 Å². The van der Waals surface area contributed by atoms with Crippen LogP contribution in [0.5, 0.6) is 0 Å². The van der Waals surface area contributed by atoms with Crippen molar-refractivity contribution in [2.24, 2.45) is 4.99 Å². The minimum absolute atomic E-state index is 0.124. The van der Waals surface area contributed by atoms with Gasteiger partial charge in [-0.3, -0.25) is 9.89 Å². The molecule has 0 amide bonds. The second-order valence-corrected chi connectivity index (χ2v) is 6.44. The molecule has 6 nitrogen and oxygen atoms in total. The van der Waals surface area contributed by atoms with Gasteiger partial charge in [-0.2, -0.15) is 0 Å². The highest BCUT2D eigenvalue weighted by Gasteiger charge is 2.12. The molecule has 0 bridgehead atoms.